The van der Waals surface area contributed by atoms with Gasteiger partial charge in [0.15, 0.2) is 0 Å². The van der Waals surface area contributed by atoms with Gasteiger partial charge in [0.25, 0.3) is 5.92 Å². The van der Waals surface area contributed by atoms with E-state index in [1.54, 1.807) is 6.92 Å². The average Bonchev–Trinajstić information content (AvgIpc) is 2.17. The number of hydrogen-bond donors (Lipinski definition) is 0. The van der Waals surface area contributed by atoms with Crippen LogP contribution < -0.4 is 0 Å². The fourth-order valence-electron chi connectivity index (χ4n) is 1.08. The maximum Gasteiger partial charge on any atom is 0.272 e. The number of halogens is 2. The minimum absolute atomic E-state index is 0.0249. The lowest BCUT2D eigenvalue weighted by atomic mass is 10.1. The van der Waals surface area contributed by atoms with E-state index in [1.165, 1.54) is 0 Å². The highest BCUT2D eigenvalue weighted by atomic mass is 19.3. The van der Waals surface area contributed by atoms with Crippen molar-refractivity contribution in [2.45, 2.75) is 19.8 Å². The molecule has 0 aromatic carbocycles. The lowest BCUT2D eigenvalue weighted by Gasteiger charge is -2.14. The van der Waals surface area contributed by atoms with E-state index in [1.807, 2.05) is 0 Å². The van der Waals surface area contributed by atoms with E-state index in [0.29, 0.717) is 6.61 Å². The minimum atomic E-state index is -3.01. The molecule has 0 amide bonds. The summed E-state index contributed by atoms with van der Waals surface area (Å²) in [7, 11) is 0. The van der Waals surface area contributed by atoms with E-state index in [-0.39, 0.29) is 17.0 Å². The Balaban J connectivity index is 3.12. The molecule has 0 bridgehead atoms. The minimum Gasteiger partial charge on any atom is -0.492 e. The standard InChI is InChI=1S/C10H11F2N2O/c1-4-15-7(2)9-8(10(3,11)12)5-6-13-14-9/h5H,2,4H2,1,3H3. The van der Waals surface area contributed by atoms with Crippen molar-refractivity contribution < 1.29 is 13.5 Å². The van der Waals surface area contributed by atoms with Crippen molar-refractivity contribution in [1.29, 1.82) is 0 Å². The summed E-state index contributed by atoms with van der Waals surface area (Å²) in [6.07, 6.45) is 2.27. The summed E-state index contributed by atoms with van der Waals surface area (Å²) < 4.78 is 31.3. The van der Waals surface area contributed by atoms with Gasteiger partial charge < -0.3 is 4.74 Å². The Morgan fingerprint density at radius 3 is 2.87 bits per heavy atom. The maximum absolute atomic E-state index is 13.1. The number of alkyl halides is 2. The molecule has 5 heteroatoms. The Morgan fingerprint density at radius 2 is 2.33 bits per heavy atom. The zero-order valence-electron chi connectivity index (χ0n) is 8.55. The SMILES string of the molecule is C=C(OCC)c1nn[c]cc1C(C)(F)F. The van der Waals surface area contributed by atoms with Crippen LogP contribution in [-0.4, -0.2) is 16.8 Å². The van der Waals surface area contributed by atoms with Crippen molar-refractivity contribution >= 4 is 5.76 Å². The normalized spacial score (nSPS) is 11.2. The molecular formula is C10H11F2N2O. The van der Waals surface area contributed by atoms with Crippen LogP contribution in [0, 0.1) is 6.20 Å². The smallest absolute Gasteiger partial charge is 0.272 e. The molecule has 0 atom stereocenters. The van der Waals surface area contributed by atoms with Gasteiger partial charge in [0.1, 0.15) is 17.6 Å². The summed E-state index contributed by atoms with van der Waals surface area (Å²) in [6.45, 7) is 6.37. The van der Waals surface area contributed by atoms with Crippen LogP contribution in [0.25, 0.3) is 5.76 Å². The summed E-state index contributed by atoms with van der Waals surface area (Å²) >= 11 is 0. The first-order valence-corrected chi connectivity index (χ1v) is 4.41. The average molecular weight is 213 g/mol. The quantitative estimate of drug-likeness (QED) is 0.720. The summed E-state index contributed by atoms with van der Waals surface area (Å²) in [5, 5.41) is 6.97. The van der Waals surface area contributed by atoms with E-state index < -0.39 is 5.92 Å². The Labute approximate surface area is 86.8 Å². The summed E-state index contributed by atoms with van der Waals surface area (Å²) in [5.74, 6) is -2.92. The molecule has 0 spiro atoms. The van der Waals surface area contributed by atoms with Crippen LogP contribution in [0.5, 0.6) is 0 Å². The highest BCUT2D eigenvalue weighted by Crippen LogP contribution is 2.31. The van der Waals surface area contributed by atoms with Crippen LogP contribution in [0.1, 0.15) is 25.1 Å². The third-order valence-electron chi connectivity index (χ3n) is 1.73. The van der Waals surface area contributed by atoms with Gasteiger partial charge in [0, 0.05) is 6.92 Å². The van der Waals surface area contributed by atoms with Crippen molar-refractivity contribution in [2.24, 2.45) is 0 Å². The molecule has 0 unspecified atom stereocenters. The van der Waals surface area contributed by atoms with Crippen LogP contribution in [0.3, 0.4) is 0 Å². The largest absolute Gasteiger partial charge is 0.492 e. The molecule has 0 aliphatic rings. The molecule has 3 nitrogen and oxygen atoms in total. The van der Waals surface area contributed by atoms with Crippen LogP contribution in [-0.2, 0) is 10.7 Å². The van der Waals surface area contributed by atoms with E-state index in [9.17, 15) is 8.78 Å². The maximum atomic E-state index is 13.1. The number of nitrogens with zero attached hydrogens (tertiary/aromatic N) is 2. The Bertz CT molecular complexity index is 361. The van der Waals surface area contributed by atoms with E-state index in [0.717, 1.165) is 13.0 Å². The van der Waals surface area contributed by atoms with Gasteiger partial charge in [0.05, 0.1) is 12.2 Å². The molecule has 0 aliphatic heterocycles. The van der Waals surface area contributed by atoms with Crippen molar-refractivity contribution in [2.75, 3.05) is 6.61 Å². The van der Waals surface area contributed by atoms with E-state index in [2.05, 4.69) is 23.0 Å². The van der Waals surface area contributed by atoms with E-state index >= 15 is 0 Å². The molecule has 1 aromatic heterocycles. The molecule has 1 rings (SSSR count). The van der Waals surface area contributed by atoms with Gasteiger partial charge in [-0.15, -0.1) is 10.2 Å². The predicted octanol–water partition coefficient (Wildman–Crippen LogP) is 2.40. The fraction of sp³-hybridized carbons (Fsp3) is 0.400. The van der Waals surface area contributed by atoms with E-state index in [4.69, 9.17) is 4.74 Å². The first kappa shape index (κ1) is 11.6. The molecule has 0 N–H and O–H groups in total. The van der Waals surface area contributed by atoms with Crippen LogP contribution >= 0.6 is 0 Å². The first-order chi connectivity index (χ1) is 6.96. The molecule has 1 radical (unpaired) electrons. The topological polar surface area (TPSA) is 35.0 Å². The Hall–Kier alpha value is -1.52. The van der Waals surface area contributed by atoms with Gasteiger partial charge >= 0.3 is 0 Å². The van der Waals surface area contributed by atoms with Gasteiger partial charge in [-0.25, -0.2) is 8.78 Å². The monoisotopic (exact) mass is 213 g/mol. The number of ether oxygens (including phenoxy) is 1. The van der Waals surface area contributed by atoms with Crippen LogP contribution in [0.4, 0.5) is 8.78 Å². The summed E-state index contributed by atoms with van der Waals surface area (Å²) in [6, 6.07) is 1.09. The van der Waals surface area contributed by atoms with Gasteiger partial charge in [-0.3, -0.25) is 0 Å². The number of hydrogen-bond acceptors (Lipinski definition) is 3. The zero-order valence-corrected chi connectivity index (χ0v) is 8.55. The van der Waals surface area contributed by atoms with Crippen molar-refractivity contribution in [1.82, 2.24) is 10.2 Å². The van der Waals surface area contributed by atoms with Crippen LogP contribution in [0.15, 0.2) is 12.6 Å². The lowest BCUT2D eigenvalue weighted by molar-refractivity contribution is 0.0162. The van der Waals surface area contributed by atoms with Gasteiger partial charge in [-0.2, -0.15) is 0 Å². The molecule has 81 valence electrons. The van der Waals surface area contributed by atoms with Gasteiger partial charge in [0.2, 0.25) is 0 Å². The molecule has 0 saturated heterocycles. The second-order valence-corrected chi connectivity index (χ2v) is 2.98. The molecule has 1 aromatic rings. The molecule has 0 fully saturated rings. The van der Waals surface area contributed by atoms with Crippen molar-refractivity contribution in [3.63, 3.8) is 0 Å². The second-order valence-electron chi connectivity index (χ2n) is 2.98. The number of rotatable bonds is 4. The van der Waals surface area contributed by atoms with Crippen LogP contribution in [0.2, 0.25) is 0 Å². The highest BCUT2D eigenvalue weighted by molar-refractivity contribution is 5.57. The summed E-state index contributed by atoms with van der Waals surface area (Å²) in [4.78, 5) is 0. The third-order valence-corrected chi connectivity index (χ3v) is 1.73. The third kappa shape index (κ3) is 2.71. The molecule has 15 heavy (non-hydrogen) atoms. The number of aromatic nitrogens is 2. The molecule has 1 heterocycles. The van der Waals surface area contributed by atoms with Crippen molar-refractivity contribution in [3.8, 4) is 0 Å². The van der Waals surface area contributed by atoms with Gasteiger partial charge in [-0.1, -0.05) is 6.58 Å². The second kappa shape index (κ2) is 4.33. The fourth-order valence-corrected chi connectivity index (χ4v) is 1.08. The Kier molecular flexibility index (Phi) is 3.34. The predicted molar refractivity (Wildman–Crippen MR) is 51.1 cm³/mol. The zero-order chi connectivity index (χ0) is 11.5. The lowest BCUT2D eigenvalue weighted by Crippen LogP contribution is -2.13. The Morgan fingerprint density at radius 1 is 1.67 bits per heavy atom. The molecule has 0 aliphatic carbocycles. The molecule has 0 saturated carbocycles. The highest BCUT2D eigenvalue weighted by Gasteiger charge is 2.29. The first-order valence-electron chi connectivity index (χ1n) is 4.41. The van der Waals surface area contributed by atoms with Gasteiger partial charge in [-0.05, 0) is 13.0 Å². The summed E-state index contributed by atoms with van der Waals surface area (Å²) in [5.41, 5.74) is -0.306. The molecular weight excluding hydrogens is 202 g/mol. The van der Waals surface area contributed by atoms with Crippen molar-refractivity contribution in [3.05, 3.63) is 30.1 Å².